The molecule has 0 aliphatic heterocycles. The molecule has 0 aliphatic rings. The summed E-state index contributed by atoms with van der Waals surface area (Å²) in [6.45, 7) is 5.94. The first-order valence-electron chi connectivity index (χ1n) is 7.85. The summed E-state index contributed by atoms with van der Waals surface area (Å²) in [5.41, 5.74) is 0.998. The number of rotatable bonds is 2. The van der Waals surface area contributed by atoms with Crippen molar-refractivity contribution in [2.45, 2.75) is 27.2 Å². The van der Waals surface area contributed by atoms with Crippen molar-refractivity contribution in [2.24, 2.45) is 0 Å². The molecule has 0 atom stereocenters. The summed E-state index contributed by atoms with van der Waals surface area (Å²) >= 11 is 0. The number of phenolic OH excluding ortho intramolecular Hbond substituents is 1. The van der Waals surface area contributed by atoms with Crippen LogP contribution in [0.5, 0.6) is 5.75 Å². The molecule has 0 saturated heterocycles. The molecule has 0 fully saturated rings. The van der Waals surface area contributed by atoms with Crippen molar-refractivity contribution in [1.82, 2.24) is 14.5 Å². The molecule has 24 heavy (non-hydrogen) atoms. The van der Waals surface area contributed by atoms with Gasteiger partial charge in [0.1, 0.15) is 11.6 Å². The van der Waals surface area contributed by atoms with E-state index in [4.69, 9.17) is 0 Å². The van der Waals surface area contributed by atoms with E-state index in [1.165, 1.54) is 0 Å². The van der Waals surface area contributed by atoms with Crippen LogP contribution >= 0.6 is 0 Å². The summed E-state index contributed by atoms with van der Waals surface area (Å²) in [7, 11) is 0. The van der Waals surface area contributed by atoms with Crippen LogP contribution in [0.3, 0.4) is 0 Å². The van der Waals surface area contributed by atoms with Gasteiger partial charge < -0.3 is 5.11 Å². The maximum atomic E-state index is 12.6. The summed E-state index contributed by atoms with van der Waals surface area (Å²) in [6.07, 6.45) is 6.24. The van der Waals surface area contributed by atoms with Crippen LogP contribution in [0.25, 0.3) is 16.7 Å². The molecule has 0 bridgehead atoms. The molecular weight excluding hydrogens is 302 g/mol. The zero-order valence-electron chi connectivity index (χ0n) is 14.1. The van der Waals surface area contributed by atoms with Crippen LogP contribution in [0.15, 0.2) is 59.5 Å². The second-order valence-electron chi connectivity index (χ2n) is 5.08. The Morgan fingerprint density at radius 1 is 1.12 bits per heavy atom. The van der Waals surface area contributed by atoms with Crippen LogP contribution in [0.4, 0.5) is 0 Å². The van der Waals surface area contributed by atoms with Crippen LogP contribution in [-0.4, -0.2) is 19.6 Å². The Labute approximate surface area is 141 Å². The zero-order valence-corrected chi connectivity index (χ0v) is 14.1. The molecule has 124 valence electrons. The van der Waals surface area contributed by atoms with E-state index >= 15 is 0 Å². The quantitative estimate of drug-likeness (QED) is 0.731. The first-order valence-corrected chi connectivity index (χ1v) is 7.85. The third-order valence-corrected chi connectivity index (χ3v) is 3.47. The highest BCUT2D eigenvalue weighted by Gasteiger charge is 2.11. The Morgan fingerprint density at radius 3 is 2.38 bits per heavy atom. The fraction of sp³-hybridized carbons (Fsp3) is 0.211. The van der Waals surface area contributed by atoms with E-state index in [2.05, 4.69) is 9.97 Å². The Morgan fingerprint density at radius 2 is 1.79 bits per heavy atom. The summed E-state index contributed by atoms with van der Waals surface area (Å²) < 4.78 is 1.56. The molecular formula is C19H21N3O2. The van der Waals surface area contributed by atoms with E-state index in [0.29, 0.717) is 29.0 Å². The van der Waals surface area contributed by atoms with Crippen LogP contribution < -0.4 is 5.56 Å². The van der Waals surface area contributed by atoms with E-state index in [9.17, 15) is 9.90 Å². The number of pyridine rings is 1. The zero-order chi connectivity index (χ0) is 17.5. The van der Waals surface area contributed by atoms with Crippen molar-refractivity contribution >= 4 is 11.0 Å². The highest BCUT2D eigenvalue weighted by atomic mass is 16.3. The number of benzene rings is 1. The van der Waals surface area contributed by atoms with Crippen LogP contribution in [-0.2, 0) is 6.42 Å². The van der Waals surface area contributed by atoms with E-state index in [0.717, 1.165) is 0 Å². The molecule has 0 amide bonds. The van der Waals surface area contributed by atoms with E-state index in [1.54, 1.807) is 47.2 Å². The first-order chi connectivity index (χ1) is 11.6. The average molecular weight is 323 g/mol. The fourth-order valence-electron chi connectivity index (χ4n) is 2.17. The van der Waals surface area contributed by atoms with Gasteiger partial charge in [0.25, 0.3) is 5.56 Å². The van der Waals surface area contributed by atoms with Crippen molar-refractivity contribution in [2.75, 3.05) is 0 Å². The smallest absolute Gasteiger partial charge is 0.267 e. The van der Waals surface area contributed by atoms with E-state index in [-0.39, 0.29) is 11.3 Å². The number of nitrogens with zero attached hydrogens (tertiary/aromatic N) is 3. The van der Waals surface area contributed by atoms with Gasteiger partial charge in [0.05, 0.1) is 11.1 Å². The summed E-state index contributed by atoms with van der Waals surface area (Å²) in [5.74, 6) is 0.808. The van der Waals surface area contributed by atoms with Gasteiger partial charge >= 0.3 is 0 Å². The summed E-state index contributed by atoms with van der Waals surface area (Å²) in [4.78, 5) is 21.2. The first kappa shape index (κ1) is 17.4. The van der Waals surface area contributed by atoms with Gasteiger partial charge in [-0.25, -0.2) is 9.97 Å². The lowest BCUT2D eigenvalue weighted by Gasteiger charge is -2.11. The molecule has 1 N–H and O–H groups in total. The Hall–Kier alpha value is -2.95. The van der Waals surface area contributed by atoms with Gasteiger partial charge in [-0.3, -0.25) is 9.36 Å². The molecule has 0 radical (unpaired) electrons. The molecule has 5 heteroatoms. The van der Waals surface area contributed by atoms with Crippen LogP contribution in [0.2, 0.25) is 0 Å². The maximum Gasteiger partial charge on any atom is 0.267 e. The molecule has 0 saturated carbocycles. The number of allylic oxidation sites excluding steroid dienone is 2. The number of fused-ring (bicyclic) bond motifs is 1. The highest BCUT2D eigenvalue weighted by Crippen LogP contribution is 2.15. The van der Waals surface area contributed by atoms with Gasteiger partial charge in [0, 0.05) is 12.6 Å². The third-order valence-electron chi connectivity index (χ3n) is 3.47. The number of aryl methyl sites for hydroxylation is 1. The predicted molar refractivity (Wildman–Crippen MR) is 96.7 cm³/mol. The highest BCUT2D eigenvalue weighted by molar-refractivity contribution is 5.73. The fourth-order valence-corrected chi connectivity index (χ4v) is 2.17. The number of hydrogen-bond acceptors (Lipinski definition) is 4. The van der Waals surface area contributed by atoms with Crippen molar-refractivity contribution in [3.8, 4) is 11.4 Å². The van der Waals surface area contributed by atoms with E-state index < -0.39 is 0 Å². The summed E-state index contributed by atoms with van der Waals surface area (Å²) in [6, 6.07) is 9.93. The third kappa shape index (κ3) is 3.68. The van der Waals surface area contributed by atoms with E-state index in [1.807, 2.05) is 32.9 Å². The van der Waals surface area contributed by atoms with Gasteiger partial charge in [-0.2, -0.15) is 0 Å². The van der Waals surface area contributed by atoms with Gasteiger partial charge in [-0.05, 0) is 50.2 Å². The lowest BCUT2D eigenvalue weighted by Crippen LogP contribution is -2.23. The molecule has 3 aromatic rings. The Bertz CT molecular complexity index is 893. The number of hydrogen-bond donors (Lipinski definition) is 1. The SMILES string of the molecule is C/C=C\C.CCc1nc2ncccc2c(=O)n1-c1ccc(O)cc1. The lowest BCUT2D eigenvalue weighted by molar-refractivity contribution is 0.475. The minimum atomic E-state index is -0.148. The average Bonchev–Trinajstić information content (AvgIpc) is 2.63. The molecule has 2 aromatic heterocycles. The van der Waals surface area contributed by atoms with Crippen LogP contribution in [0.1, 0.15) is 26.6 Å². The van der Waals surface area contributed by atoms with Gasteiger partial charge in [-0.1, -0.05) is 19.1 Å². The minimum Gasteiger partial charge on any atom is -0.508 e. The topological polar surface area (TPSA) is 68.0 Å². The lowest BCUT2D eigenvalue weighted by atomic mass is 10.2. The molecule has 2 heterocycles. The molecule has 3 rings (SSSR count). The number of aromatic hydroxyl groups is 1. The van der Waals surface area contributed by atoms with Crippen molar-refractivity contribution in [1.29, 1.82) is 0 Å². The molecule has 0 aliphatic carbocycles. The second kappa shape index (κ2) is 8.06. The van der Waals surface area contributed by atoms with Crippen LogP contribution in [0, 0.1) is 0 Å². The van der Waals surface area contributed by atoms with Crippen molar-refractivity contribution in [3.05, 3.63) is 70.9 Å². The van der Waals surface area contributed by atoms with Crippen molar-refractivity contribution in [3.63, 3.8) is 0 Å². The normalized spacial score (nSPS) is 10.6. The molecule has 1 aromatic carbocycles. The second-order valence-corrected chi connectivity index (χ2v) is 5.08. The number of aromatic nitrogens is 3. The van der Waals surface area contributed by atoms with Crippen molar-refractivity contribution < 1.29 is 5.11 Å². The number of phenols is 1. The Balaban J connectivity index is 0.000000471. The minimum absolute atomic E-state index is 0.148. The molecule has 0 unspecified atom stereocenters. The predicted octanol–water partition coefficient (Wildman–Crippen LogP) is 3.63. The van der Waals surface area contributed by atoms with Gasteiger partial charge in [0.2, 0.25) is 0 Å². The largest absolute Gasteiger partial charge is 0.508 e. The monoisotopic (exact) mass is 323 g/mol. The maximum absolute atomic E-state index is 12.6. The Kier molecular flexibility index (Phi) is 5.84. The molecule has 0 spiro atoms. The standard InChI is InChI=1S/C15H13N3O2.C4H8/c1-2-13-17-14-12(4-3-9-16-14)15(20)18(13)10-5-7-11(19)8-6-10;1-3-4-2/h3-9,19H,2H2,1H3;3-4H,1-2H3/b;4-3-. The van der Waals surface area contributed by atoms with Gasteiger partial charge in [0.15, 0.2) is 5.65 Å². The summed E-state index contributed by atoms with van der Waals surface area (Å²) in [5, 5.41) is 9.84. The van der Waals surface area contributed by atoms with Gasteiger partial charge in [-0.15, -0.1) is 0 Å². The molecule has 5 nitrogen and oxygen atoms in total.